The number of ether oxygens (including phenoxy) is 2. The van der Waals surface area contributed by atoms with E-state index in [0.717, 1.165) is 16.8 Å². The standard InChI is InChI=1S/C20H23NO4/c1-3-24-19(22)14-21(15-20(23)25-4-2)18-12-8-11-17(13-18)16-9-6-5-7-10-16/h5-13H,3-4,14-15H2,1-2H3. The van der Waals surface area contributed by atoms with Gasteiger partial charge in [0.2, 0.25) is 0 Å². The largest absolute Gasteiger partial charge is 0.465 e. The van der Waals surface area contributed by atoms with Crippen LogP contribution in [0.3, 0.4) is 0 Å². The van der Waals surface area contributed by atoms with Crippen molar-refractivity contribution in [3.8, 4) is 11.1 Å². The van der Waals surface area contributed by atoms with E-state index in [1.165, 1.54) is 0 Å². The summed E-state index contributed by atoms with van der Waals surface area (Å²) in [5.41, 5.74) is 2.84. The highest BCUT2D eigenvalue weighted by Gasteiger charge is 2.17. The summed E-state index contributed by atoms with van der Waals surface area (Å²) >= 11 is 0. The van der Waals surface area contributed by atoms with Crippen LogP contribution >= 0.6 is 0 Å². The molecule has 0 spiro atoms. The van der Waals surface area contributed by atoms with Gasteiger partial charge in [0.25, 0.3) is 0 Å². The maximum Gasteiger partial charge on any atom is 0.325 e. The van der Waals surface area contributed by atoms with Crippen LogP contribution in [0.2, 0.25) is 0 Å². The van der Waals surface area contributed by atoms with Crippen molar-refractivity contribution in [2.24, 2.45) is 0 Å². The van der Waals surface area contributed by atoms with Gasteiger partial charge in [-0.1, -0.05) is 42.5 Å². The molecule has 5 heteroatoms. The predicted octanol–water partition coefficient (Wildman–Crippen LogP) is 3.29. The van der Waals surface area contributed by atoms with Gasteiger partial charge in [0.15, 0.2) is 0 Å². The molecule has 2 aromatic carbocycles. The summed E-state index contributed by atoms with van der Waals surface area (Å²) in [5, 5.41) is 0. The fourth-order valence-electron chi connectivity index (χ4n) is 2.48. The smallest absolute Gasteiger partial charge is 0.325 e. The second-order valence-electron chi connectivity index (χ2n) is 5.38. The number of hydrogen-bond donors (Lipinski definition) is 0. The Hall–Kier alpha value is -2.82. The van der Waals surface area contributed by atoms with Gasteiger partial charge in [-0.3, -0.25) is 9.59 Å². The molecule has 0 aromatic heterocycles. The molecule has 0 N–H and O–H groups in total. The molecule has 0 unspecified atom stereocenters. The minimum Gasteiger partial charge on any atom is -0.465 e. The first-order valence-electron chi connectivity index (χ1n) is 8.35. The molecule has 0 saturated carbocycles. The first-order valence-corrected chi connectivity index (χ1v) is 8.35. The maximum absolute atomic E-state index is 11.9. The van der Waals surface area contributed by atoms with Crippen LogP contribution in [0.1, 0.15) is 13.8 Å². The van der Waals surface area contributed by atoms with Crippen molar-refractivity contribution in [1.82, 2.24) is 0 Å². The lowest BCUT2D eigenvalue weighted by molar-refractivity contribution is -0.142. The van der Waals surface area contributed by atoms with Crippen molar-refractivity contribution in [1.29, 1.82) is 0 Å². The van der Waals surface area contributed by atoms with Crippen molar-refractivity contribution >= 4 is 17.6 Å². The molecule has 2 aromatic rings. The fourth-order valence-corrected chi connectivity index (χ4v) is 2.48. The molecule has 0 aliphatic heterocycles. The number of anilines is 1. The first kappa shape index (κ1) is 18.5. The zero-order chi connectivity index (χ0) is 18.1. The number of nitrogens with zero attached hydrogens (tertiary/aromatic N) is 1. The van der Waals surface area contributed by atoms with E-state index in [1.54, 1.807) is 18.7 Å². The Morgan fingerprint density at radius 3 is 1.92 bits per heavy atom. The molecule has 0 amide bonds. The van der Waals surface area contributed by atoms with Gasteiger partial charge in [0.1, 0.15) is 13.1 Å². The van der Waals surface area contributed by atoms with E-state index in [-0.39, 0.29) is 25.0 Å². The van der Waals surface area contributed by atoms with Crippen LogP contribution in [-0.4, -0.2) is 38.2 Å². The Balaban J connectivity index is 2.26. The van der Waals surface area contributed by atoms with Gasteiger partial charge in [-0.25, -0.2) is 0 Å². The average molecular weight is 341 g/mol. The number of hydrogen-bond acceptors (Lipinski definition) is 5. The molecule has 0 aliphatic carbocycles. The van der Waals surface area contributed by atoms with Gasteiger partial charge in [-0.05, 0) is 37.1 Å². The lowest BCUT2D eigenvalue weighted by atomic mass is 10.0. The number of carbonyl (C=O) groups is 2. The molecule has 0 atom stereocenters. The fraction of sp³-hybridized carbons (Fsp3) is 0.300. The van der Waals surface area contributed by atoms with Crippen LogP contribution in [-0.2, 0) is 19.1 Å². The summed E-state index contributed by atoms with van der Waals surface area (Å²) in [6.07, 6.45) is 0. The summed E-state index contributed by atoms with van der Waals surface area (Å²) in [6, 6.07) is 17.6. The van der Waals surface area contributed by atoms with Crippen molar-refractivity contribution in [3.05, 3.63) is 54.6 Å². The topological polar surface area (TPSA) is 55.8 Å². The highest BCUT2D eigenvalue weighted by Crippen LogP contribution is 2.24. The van der Waals surface area contributed by atoms with Gasteiger partial charge < -0.3 is 14.4 Å². The summed E-state index contributed by atoms with van der Waals surface area (Å²) < 4.78 is 10.0. The van der Waals surface area contributed by atoms with Crippen LogP contribution in [0.25, 0.3) is 11.1 Å². The highest BCUT2D eigenvalue weighted by atomic mass is 16.5. The summed E-state index contributed by atoms with van der Waals surface area (Å²) in [5.74, 6) is -0.756. The minimum absolute atomic E-state index is 0.00903. The molecule has 2 rings (SSSR count). The molecular formula is C20H23NO4. The van der Waals surface area contributed by atoms with E-state index >= 15 is 0 Å². The second-order valence-corrected chi connectivity index (χ2v) is 5.38. The molecule has 5 nitrogen and oxygen atoms in total. The third kappa shape index (κ3) is 5.64. The van der Waals surface area contributed by atoms with Crippen LogP contribution in [0.4, 0.5) is 5.69 Å². The molecule has 0 saturated heterocycles. The van der Waals surface area contributed by atoms with E-state index in [2.05, 4.69) is 0 Å². The molecule has 0 fully saturated rings. The maximum atomic E-state index is 11.9. The third-order valence-corrected chi connectivity index (χ3v) is 3.57. The molecule has 25 heavy (non-hydrogen) atoms. The van der Waals surface area contributed by atoms with Gasteiger partial charge in [-0.15, -0.1) is 0 Å². The van der Waals surface area contributed by atoms with Crippen molar-refractivity contribution in [3.63, 3.8) is 0 Å². The van der Waals surface area contributed by atoms with Crippen molar-refractivity contribution in [2.45, 2.75) is 13.8 Å². The highest BCUT2D eigenvalue weighted by molar-refractivity contribution is 5.82. The van der Waals surface area contributed by atoms with Gasteiger partial charge >= 0.3 is 11.9 Å². The molecule has 0 bridgehead atoms. The first-order chi connectivity index (χ1) is 12.1. The van der Waals surface area contributed by atoms with Gasteiger partial charge in [0, 0.05) is 5.69 Å². The summed E-state index contributed by atoms with van der Waals surface area (Å²) in [7, 11) is 0. The van der Waals surface area contributed by atoms with Crippen LogP contribution in [0.15, 0.2) is 54.6 Å². The lowest BCUT2D eigenvalue weighted by Gasteiger charge is -2.23. The van der Waals surface area contributed by atoms with Crippen molar-refractivity contribution in [2.75, 3.05) is 31.2 Å². The Bertz CT molecular complexity index is 680. The van der Waals surface area contributed by atoms with Crippen molar-refractivity contribution < 1.29 is 19.1 Å². The molecule has 0 radical (unpaired) electrons. The Morgan fingerprint density at radius 1 is 0.800 bits per heavy atom. The normalized spacial score (nSPS) is 10.2. The van der Waals surface area contributed by atoms with Crippen LogP contribution in [0, 0.1) is 0 Å². The minimum atomic E-state index is -0.378. The Labute approximate surface area is 148 Å². The number of esters is 2. The molecular weight excluding hydrogens is 318 g/mol. The summed E-state index contributed by atoms with van der Waals surface area (Å²) in [6.45, 7) is 4.09. The molecule has 132 valence electrons. The molecule has 0 heterocycles. The molecule has 0 aliphatic rings. The SMILES string of the molecule is CCOC(=O)CN(CC(=O)OCC)c1cccc(-c2ccccc2)c1. The zero-order valence-corrected chi connectivity index (χ0v) is 14.6. The lowest BCUT2D eigenvalue weighted by Crippen LogP contribution is -2.36. The number of benzene rings is 2. The quantitative estimate of drug-likeness (QED) is 0.690. The monoisotopic (exact) mass is 341 g/mol. The number of rotatable bonds is 8. The number of carbonyl (C=O) groups excluding carboxylic acids is 2. The van der Waals surface area contributed by atoms with Gasteiger partial charge in [0.05, 0.1) is 13.2 Å². The predicted molar refractivity (Wildman–Crippen MR) is 97.4 cm³/mol. The van der Waals surface area contributed by atoms with Crippen LogP contribution in [0.5, 0.6) is 0 Å². The van der Waals surface area contributed by atoms with E-state index in [9.17, 15) is 9.59 Å². The zero-order valence-electron chi connectivity index (χ0n) is 14.6. The van der Waals surface area contributed by atoms with E-state index in [4.69, 9.17) is 9.47 Å². The van der Waals surface area contributed by atoms with Gasteiger partial charge in [-0.2, -0.15) is 0 Å². The van der Waals surface area contributed by atoms with E-state index < -0.39 is 0 Å². The van der Waals surface area contributed by atoms with Crippen LogP contribution < -0.4 is 4.90 Å². The van der Waals surface area contributed by atoms with E-state index in [1.807, 2.05) is 54.6 Å². The Morgan fingerprint density at radius 2 is 1.36 bits per heavy atom. The third-order valence-electron chi connectivity index (χ3n) is 3.57. The summed E-state index contributed by atoms with van der Waals surface area (Å²) in [4.78, 5) is 25.5. The second kappa shape index (κ2) is 9.47. The Kier molecular flexibility index (Phi) is 7.01. The average Bonchev–Trinajstić information content (AvgIpc) is 2.62. The van der Waals surface area contributed by atoms with E-state index in [0.29, 0.717) is 13.2 Å².